The summed E-state index contributed by atoms with van der Waals surface area (Å²) in [5.41, 5.74) is 6.31. The lowest BCUT2D eigenvalue weighted by Crippen LogP contribution is -1.89. The Balaban J connectivity index is 2.24. The highest BCUT2D eigenvalue weighted by Gasteiger charge is 2.03. The van der Waals surface area contributed by atoms with E-state index in [1.165, 1.54) is 11.8 Å². The summed E-state index contributed by atoms with van der Waals surface area (Å²) in [5, 5.41) is 1.17. The second-order valence-corrected chi connectivity index (χ2v) is 4.82. The van der Waals surface area contributed by atoms with E-state index in [4.69, 9.17) is 22.1 Å². The topological polar surface area (TPSA) is 48.1 Å². The van der Waals surface area contributed by atoms with Gasteiger partial charge in [-0.2, -0.15) is 0 Å². The van der Waals surface area contributed by atoms with Gasteiger partial charge in [-0.3, -0.25) is 0 Å². The van der Waals surface area contributed by atoms with Crippen LogP contribution < -0.4 is 10.5 Å². The lowest BCUT2D eigenvalue weighted by atomic mass is 10.3. The van der Waals surface area contributed by atoms with Crippen molar-refractivity contribution in [3.05, 3.63) is 41.6 Å². The molecule has 0 saturated heterocycles. The molecule has 1 aromatic heterocycles. The molecule has 2 rings (SSSR count). The molecule has 17 heavy (non-hydrogen) atoms. The first-order valence-electron chi connectivity index (χ1n) is 4.92. The van der Waals surface area contributed by atoms with Crippen LogP contribution in [-0.2, 0) is 0 Å². The summed E-state index contributed by atoms with van der Waals surface area (Å²) < 4.78 is 5.16. The smallest absolute Gasteiger partial charge is 0.132 e. The van der Waals surface area contributed by atoms with Gasteiger partial charge in [0.25, 0.3) is 0 Å². The van der Waals surface area contributed by atoms with Gasteiger partial charge < -0.3 is 10.5 Å². The van der Waals surface area contributed by atoms with E-state index >= 15 is 0 Å². The molecule has 0 bridgehead atoms. The summed E-state index contributed by atoms with van der Waals surface area (Å²) in [6, 6.07) is 11.1. The van der Waals surface area contributed by atoms with Crippen LogP contribution >= 0.6 is 23.4 Å². The van der Waals surface area contributed by atoms with Crippen LogP contribution in [-0.4, -0.2) is 12.1 Å². The van der Waals surface area contributed by atoms with Crippen LogP contribution in [0, 0.1) is 0 Å². The minimum atomic E-state index is 0.399. The van der Waals surface area contributed by atoms with Crippen LogP contribution in [0.25, 0.3) is 0 Å². The van der Waals surface area contributed by atoms with Crippen molar-refractivity contribution < 1.29 is 4.74 Å². The number of hydrogen-bond donors (Lipinski definition) is 1. The summed E-state index contributed by atoms with van der Waals surface area (Å²) in [5.74, 6) is 0.810. The zero-order valence-electron chi connectivity index (χ0n) is 9.18. The molecule has 0 unspecified atom stereocenters. The van der Waals surface area contributed by atoms with E-state index in [1.54, 1.807) is 19.2 Å². The molecule has 0 radical (unpaired) electrons. The summed E-state index contributed by atoms with van der Waals surface area (Å²) in [6.07, 6.45) is 0. The molecule has 88 valence electrons. The predicted octanol–water partition coefficient (Wildman–Crippen LogP) is 3.48. The Morgan fingerprint density at radius 2 is 2.12 bits per heavy atom. The number of rotatable bonds is 3. The molecule has 0 saturated carbocycles. The van der Waals surface area contributed by atoms with Crippen LogP contribution in [0.2, 0.25) is 5.15 Å². The molecule has 0 amide bonds. The second-order valence-electron chi connectivity index (χ2n) is 3.34. The number of halogens is 1. The second kappa shape index (κ2) is 5.29. The van der Waals surface area contributed by atoms with Gasteiger partial charge in [-0.05, 0) is 30.3 Å². The largest absolute Gasteiger partial charge is 0.497 e. The zero-order valence-corrected chi connectivity index (χ0v) is 10.8. The number of hydrogen-bond acceptors (Lipinski definition) is 4. The van der Waals surface area contributed by atoms with Gasteiger partial charge in [-0.25, -0.2) is 4.98 Å². The maximum Gasteiger partial charge on any atom is 0.132 e. The maximum atomic E-state index is 5.85. The van der Waals surface area contributed by atoms with Gasteiger partial charge in [0, 0.05) is 10.6 Å². The monoisotopic (exact) mass is 266 g/mol. The van der Waals surface area contributed by atoms with Crippen LogP contribution in [0.5, 0.6) is 5.75 Å². The highest BCUT2D eigenvalue weighted by Crippen LogP contribution is 2.30. The minimum Gasteiger partial charge on any atom is -0.497 e. The first-order chi connectivity index (χ1) is 8.17. The number of aromatic nitrogens is 1. The molecule has 0 fully saturated rings. The number of nitrogen functional groups attached to an aromatic ring is 1. The Morgan fingerprint density at radius 1 is 1.29 bits per heavy atom. The minimum absolute atomic E-state index is 0.399. The van der Waals surface area contributed by atoms with Crippen molar-refractivity contribution in [1.29, 1.82) is 0 Å². The van der Waals surface area contributed by atoms with E-state index in [1.807, 2.05) is 24.3 Å². The van der Waals surface area contributed by atoms with Crippen LogP contribution in [0.15, 0.2) is 46.3 Å². The lowest BCUT2D eigenvalue weighted by Gasteiger charge is -2.05. The number of ether oxygens (including phenoxy) is 1. The molecule has 0 aliphatic carbocycles. The van der Waals surface area contributed by atoms with E-state index in [9.17, 15) is 0 Å². The fourth-order valence-corrected chi connectivity index (χ4v) is 2.50. The van der Waals surface area contributed by atoms with E-state index in [-0.39, 0.29) is 0 Å². The Hall–Kier alpha value is -1.39. The van der Waals surface area contributed by atoms with E-state index in [0.717, 1.165) is 15.7 Å². The SMILES string of the molecule is COc1cccc(Sc2cc(N)cc(Cl)n2)c1. The summed E-state index contributed by atoms with van der Waals surface area (Å²) in [4.78, 5) is 5.22. The molecular formula is C12H11ClN2OS. The van der Waals surface area contributed by atoms with Gasteiger partial charge >= 0.3 is 0 Å². The predicted molar refractivity (Wildman–Crippen MR) is 70.8 cm³/mol. The zero-order chi connectivity index (χ0) is 12.3. The molecule has 2 aromatic rings. The molecule has 0 spiro atoms. The first-order valence-corrected chi connectivity index (χ1v) is 6.12. The number of nitrogens with two attached hydrogens (primary N) is 1. The van der Waals surface area contributed by atoms with Gasteiger partial charge in [0.15, 0.2) is 0 Å². The Labute approximate surface area is 109 Å². The van der Waals surface area contributed by atoms with Gasteiger partial charge in [0.05, 0.1) is 7.11 Å². The van der Waals surface area contributed by atoms with E-state index in [0.29, 0.717) is 10.8 Å². The van der Waals surface area contributed by atoms with E-state index in [2.05, 4.69) is 4.98 Å². The lowest BCUT2D eigenvalue weighted by molar-refractivity contribution is 0.413. The molecule has 3 nitrogen and oxygen atoms in total. The van der Waals surface area contributed by atoms with Crippen LogP contribution in [0.1, 0.15) is 0 Å². The van der Waals surface area contributed by atoms with Crippen LogP contribution in [0.4, 0.5) is 5.69 Å². The highest BCUT2D eigenvalue weighted by atomic mass is 35.5. The average Bonchev–Trinajstić information content (AvgIpc) is 2.28. The molecule has 0 atom stereocenters. The number of nitrogens with zero attached hydrogens (tertiary/aromatic N) is 1. The van der Waals surface area contributed by atoms with Crippen molar-refractivity contribution >= 4 is 29.1 Å². The highest BCUT2D eigenvalue weighted by molar-refractivity contribution is 7.99. The molecule has 0 aliphatic rings. The number of anilines is 1. The van der Waals surface area contributed by atoms with Gasteiger partial charge in [0.1, 0.15) is 15.9 Å². The van der Waals surface area contributed by atoms with Gasteiger partial charge in [-0.15, -0.1) is 0 Å². The van der Waals surface area contributed by atoms with Crippen molar-refractivity contribution in [3.63, 3.8) is 0 Å². The molecule has 0 aliphatic heterocycles. The third-order valence-electron chi connectivity index (χ3n) is 2.06. The van der Waals surface area contributed by atoms with Crippen molar-refractivity contribution in [2.24, 2.45) is 0 Å². The van der Waals surface area contributed by atoms with Crippen molar-refractivity contribution in [2.75, 3.05) is 12.8 Å². The van der Waals surface area contributed by atoms with Crippen molar-refractivity contribution in [2.45, 2.75) is 9.92 Å². The van der Waals surface area contributed by atoms with Crippen molar-refractivity contribution in [1.82, 2.24) is 4.98 Å². The quantitative estimate of drug-likeness (QED) is 0.864. The normalized spacial score (nSPS) is 10.2. The first kappa shape index (κ1) is 12.1. The third kappa shape index (κ3) is 3.28. The number of benzene rings is 1. The molecule has 1 heterocycles. The van der Waals surface area contributed by atoms with Gasteiger partial charge in [-0.1, -0.05) is 29.4 Å². The molecule has 2 N–H and O–H groups in total. The van der Waals surface area contributed by atoms with Crippen LogP contribution in [0.3, 0.4) is 0 Å². The van der Waals surface area contributed by atoms with Crippen molar-refractivity contribution in [3.8, 4) is 5.75 Å². The molecule has 5 heteroatoms. The molecule has 1 aromatic carbocycles. The molecular weight excluding hydrogens is 256 g/mol. The fourth-order valence-electron chi connectivity index (χ4n) is 1.33. The maximum absolute atomic E-state index is 5.85. The Kier molecular flexibility index (Phi) is 3.76. The Morgan fingerprint density at radius 3 is 2.82 bits per heavy atom. The number of pyridine rings is 1. The number of methoxy groups -OCH3 is 1. The van der Waals surface area contributed by atoms with E-state index < -0.39 is 0 Å². The van der Waals surface area contributed by atoms with Gasteiger partial charge in [0.2, 0.25) is 0 Å². The summed E-state index contributed by atoms with van der Waals surface area (Å²) in [6.45, 7) is 0. The third-order valence-corrected chi connectivity index (χ3v) is 3.16. The Bertz CT molecular complexity index is 513. The summed E-state index contributed by atoms with van der Waals surface area (Å²) >= 11 is 7.34. The fraction of sp³-hybridized carbons (Fsp3) is 0.0833. The standard InChI is InChI=1S/C12H11ClN2OS/c1-16-9-3-2-4-10(7-9)17-12-6-8(14)5-11(13)15-12/h2-7H,1H3,(H2,14,15). The summed E-state index contributed by atoms with van der Waals surface area (Å²) in [7, 11) is 1.64. The average molecular weight is 267 g/mol.